The fourth-order valence-electron chi connectivity index (χ4n) is 1.41. The van der Waals surface area contributed by atoms with Gasteiger partial charge in [0.05, 0.1) is 5.69 Å². The van der Waals surface area contributed by atoms with Gasteiger partial charge in [-0.2, -0.15) is 5.10 Å². The normalized spacial score (nSPS) is 12.4. The second kappa shape index (κ2) is 5.82. The van der Waals surface area contributed by atoms with Gasteiger partial charge in [-0.05, 0) is 40.2 Å². The van der Waals surface area contributed by atoms with E-state index in [9.17, 15) is 0 Å². The molecule has 0 aliphatic carbocycles. The molecule has 0 radical (unpaired) electrons. The van der Waals surface area contributed by atoms with Crippen molar-refractivity contribution in [3.63, 3.8) is 0 Å². The molecule has 0 saturated carbocycles. The van der Waals surface area contributed by atoms with Crippen LogP contribution in [0.5, 0.6) is 0 Å². The summed E-state index contributed by atoms with van der Waals surface area (Å²) in [6.07, 6.45) is 3.15. The summed E-state index contributed by atoms with van der Waals surface area (Å²) in [5.41, 5.74) is 1.27. The van der Waals surface area contributed by atoms with Crippen molar-refractivity contribution in [1.29, 1.82) is 0 Å². The van der Waals surface area contributed by atoms with Crippen molar-refractivity contribution in [3.05, 3.63) is 18.0 Å². The summed E-state index contributed by atoms with van der Waals surface area (Å²) < 4.78 is 1.99. The van der Waals surface area contributed by atoms with E-state index in [-0.39, 0.29) is 5.54 Å². The number of nitrogens with one attached hydrogen (secondary N) is 1. The van der Waals surface area contributed by atoms with Gasteiger partial charge in [0.25, 0.3) is 0 Å². The van der Waals surface area contributed by atoms with Crippen LogP contribution in [0.3, 0.4) is 0 Å². The van der Waals surface area contributed by atoms with Crippen LogP contribution in [0.15, 0.2) is 12.3 Å². The second-order valence-corrected chi connectivity index (χ2v) is 5.85. The maximum atomic E-state index is 4.52. The number of halogens is 1. The maximum absolute atomic E-state index is 4.52. The van der Waals surface area contributed by atoms with Crippen LogP contribution in [0.4, 0.5) is 0 Å². The third kappa shape index (κ3) is 4.26. The van der Waals surface area contributed by atoms with E-state index in [1.165, 1.54) is 0 Å². The lowest BCUT2D eigenvalue weighted by atomic mass is 10.0. The Hall–Kier alpha value is -0.350. The molecule has 0 fully saturated rings. The minimum absolute atomic E-state index is 0.158. The summed E-state index contributed by atoms with van der Waals surface area (Å²) in [7, 11) is 0. The zero-order valence-electron chi connectivity index (χ0n) is 10.6. The lowest BCUT2D eigenvalue weighted by Crippen LogP contribution is -2.39. The van der Waals surface area contributed by atoms with E-state index in [2.05, 4.69) is 60.1 Å². The van der Waals surface area contributed by atoms with Gasteiger partial charge in [-0.15, -0.1) is 0 Å². The molecule has 92 valence electrons. The van der Waals surface area contributed by atoms with Gasteiger partial charge in [0.15, 0.2) is 0 Å². The van der Waals surface area contributed by atoms with Crippen LogP contribution < -0.4 is 5.32 Å². The highest BCUT2D eigenvalue weighted by molar-refractivity contribution is 9.09. The van der Waals surface area contributed by atoms with Crippen LogP contribution >= 0.6 is 15.9 Å². The molecule has 0 atom stereocenters. The third-order valence-corrected chi connectivity index (χ3v) is 3.06. The van der Waals surface area contributed by atoms with Gasteiger partial charge in [-0.25, -0.2) is 0 Å². The van der Waals surface area contributed by atoms with Gasteiger partial charge < -0.3 is 5.32 Å². The summed E-state index contributed by atoms with van der Waals surface area (Å²) in [5, 5.41) is 9.06. The van der Waals surface area contributed by atoms with Crippen molar-refractivity contribution in [1.82, 2.24) is 15.1 Å². The number of hydrogen-bond acceptors (Lipinski definition) is 2. The van der Waals surface area contributed by atoms with Crippen LogP contribution in [0.1, 0.15) is 45.9 Å². The van der Waals surface area contributed by atoms with E-state index >= 15 is 0 Å². The van der Waals surface area contributed by atoms with Crippen LogP contribution in [0, 0.1) is 0 Å². The average molecular weight is 288 g/mol. The summed E-state index contributed by atoms with van der Waals surface area (Å²) in [6.45, 7) is 9.54. The molecule has 16 heavy (non-hydrogen) atoms. The van der Waals surface area contributed by atoms with E-state index in [0.717, 1.165) is 24.0 Å². The molecule has 0 bridgehead atoms. The monoisotopic (exact) mass is 287 g/mol. The SMILES string of the molecule is CC(C)n1ccc(CNC(C)(C)CCBr)n1. The van der Waals surface area contributed by atoms with E-state index in [0.29, 0.717) is 6.04 Å². The summed E-state index contributed by atoms with van der Waals surface area (Å²) >= 11 is 3.47. The van der Waals surface area contributed by atoms with Crippen LogP contribution in [0.2, 0.25) is 0 Å². The molecule has 0 aromatic carbocycles. The van der Waals surface area contributed by atoms with Gasteiger partial charge in [0, 0.05) is 29.7 Å². The maximum Gasteiger partial charge on any atom is 0.0762 e. The van der Waals surface area contributed by atoms with Crippen molar-refractivity contribution in [2.24, 2.45) is 0 Å². The highest BCUT2D eigenvalue weighted by Crippen LogP contribution is 2.11. The first-order valence-electron chi connectivity index (χ1n) is 5.79. The Morgan fingerprint density at radius 1 is 1.50 bits per heavy atom. The van der Waals surface area contributed by atoms with Gasteiger partial charge >= 0.3 is 0 Å². The summed E-state index contributed by atoms with van der Waals surface area (Å²) in [4.78, 5) is 0. The van der Waals surface area contributed by atoms with Crippen LogP contribution in [-0.2, 0) is 6.54 Å². The summed E-state index contributed by atoms with van der Waals surface area (Å²) in [6, 6.07) is 2.52. The molecule has 0 aliphatic heterocycles. The highest BCUT2D eigenvalue weighted by Gasteiger charge is 2.16. The van der Waals surface area contributed by atoms with E-state index in [4.69, 9.17) is 0 Å². The first-order valence-corrected chi connectivity index (χ1v) is 6.92. The number of alkyl halides is 1. The van der Waals surface area contributed by atoms with Crippen LogP contribution in [-0.4, -0.2) is 20.6 Å². The Labute approximate surface area is 107 Å². The molecule has 1 aromatic heterocycles. The number of nitrogens with zero attached hydrogens (tertiary/aromatic N) is 2. The third-order valence-electron chi connectivity index (χ3n) is 2.66. The molecule has 0 aliphatic rings. The number of aromatic nitrogens is 2. The standard InChI is InChI=1S/C12H22BrN3/c1-10(2)16-8-5-11(15-16)9-14-12(3,4)6-7-13/h5,8,10,14H,6-7,9H2,1-4H3. The van der Waals surface area contributed by atoms with Crippen molar-refractivity contribution >= 4 is 15.9 Å². The Morgan fingerprint density at radius 2 is 2.19 bits per heavy atom. The highest BCUT2D eigenvalue weighted by atomic mass is 79.9. The fraction of sp³-hybridized carbons (Fsp3) is 0.750. The Morgan fingerprint density at radius 3 is 2.69 bits per heavy atom. The lowest BCUT2D eigenvalue weighted by molar-refractivity contribution is 0.374. The number of hydrogen-bond donors (Lipinski definition) is 1. The molecule has 1 rings (SSSR count). The molecule has 0 unspecified atom stereocenters. The molecule has 0 spiro atoms. The second-order valence-electron chi connectivity index (χ2n) is 5.06. The first-order chi connectivity index (χ1) is 7.44. The summed E-state index contributed by atoms with van der Waals surface area (Å²) in [5.74, 6) is 0. The zero-order valence-corrected chi connectivity index (χ0v) is 12.2. The van der Waals surface area contributed by atoms with E-state index < -0.39 is 0 Å². The van der Waals surface area contributed by atoms with Crippen molar-refractivity contribution in [3.8, 4) is 0 Å². The Balaban J connectivity index is 2.48. The lowest BCUT2D eigenvalue weighted by Gasteiger charge is -2.24. The van der Waals surface area contributed by atoms with Gasteiger partial charge in [-0.1, -0.05) is 15.9 Å². The molecule has 1 N–H and O–H groups in total. The minimum Gasteiger partial charge on any atom is -0.306 e. The topological polar surface area (TPSA) is 29.9 Å². The zero-order chi connectivity index (χ0) is 12.2. The molecule has 0 saturated heterocycles. The quantitative estimate of drug-likeness (QED) is 0.815. The first kappa shape index (κ1) is 13.7. The van der Waals surface area contributed by atoms with E-state index in [1.807, 2.05) is 10.9 Å². The van der Waals surface area contributed by atoms with Crippen LogP contribution in [0.25, 0.3) is 0 Å². The predicted octanol–water partition coefficient (Wildman–Crippen LogP) is 3.12. The van der Waals surface area contributed by atoms with Crippen molar-refractivity contribution < 1.29 is 0 Å². The van der Waals surface area contributed by atoms with Crippen molar-refractivity contribution in [2.75, 3.05) is 5.33 Å². The molecule has 1 aromatic rings. The largest absolute Gasteiger partial charge is 0.306 e. The Bertz CT molecular complexity index is 318. The molecular weight excluding hydrogens is 266 g/mol. The predicted molar refractivity (Wildman–Crippen MR) is 71.9 cm³/mol. The number of rotatable bonds is 6. The molecule has 1 heterocycles. The molecule has 4 heteroatoms. The smallest absolute Gasteiger partial charge is 0.0762 e. The molecule has 3 nitrogen and oxygen atoms in total. The average Bonchev–Trinajstić information content (AvgIpc) is 2.63. The van der Waals surface area contributed by atoms with Crippen molar-refractivity contribution in [2.45, 2.75) is 52.2 Å². The Kier molecular flexibility index (Phi) is 4.99. The molecule has 0 amide bonds. The van der Waals surface area contributed by atoms with E-state index in [1.54, 1.807) is 0 Å². The van der Waals surface area contributed by atoms with Gasteiger partial charge in [0.1, 0.15) is 0 Å². The minimum atomic E-state index is 0.158. The molecular formula is C12H22BrN3. The van der Waals surface area contributed by atoms with Gasteiger partial charge in [0.2, 0.25) is 0 Å². The van der Waals surface area contributed by atoms with Gasteiger partial charge in [-0.3, -0.25) is 4.68 Å². The fourth-order valence-corrected chi connectivity index (χ4v) is 2.40.